The number of rotatable bonds is 1. The minimum Gasteiger partial charge on any atom is -0.252 e. The molecular formula is C6H6N4S. The Hall–Kier alpha value is -1.23. The Balaban J connectivity index is 2.53. The summed E-state index contributed by atoms with van der Waals surface area (Å²) in [5.74, 6) is 0.868. The van der Waals surface area contributed by atoms with Gasteiger partial charge in [0.15, 0.2) is 5.82 Å². The summed E-state index contributed by atoms with van der Waals surface area (Å²) in [7, 11) is 1.86. The van der Waals surface area contributed by atoms with Gasteiger partial charge in [-0.15, -0.1) is 11.3 Å². The summed E-state index contributed by atoms with van der Waals surface area (Å²) >= 11 is 1.56. The molecule has 0 saturated carbocycles. The molecule has 0 bridgehead atoms. The fourth-order valence-corrected chi connectivity index (χ4v) is 1.49. The van der Waals surface area contributed by atoms with Gasteiger partial charge in [0.25, 0.3) is 0 Å². The van der Waals surface area contributed by atoms with Gasteiger partial charge in [-0.3, -0.25) is 4.98 Å². The molecule has 56 valence electrons. The third-order valence-corrected chi connectivity index (χ3v) is 2.13. The van der Waals surface area contributed by atoms with E-state index in [4.69, 9.17) is 0 Å². The Morgan fingerprint density at radius 1 is 1.55 bits per heavy atom. The lowest BCUT2D eigenvalue weighted by atomic mass is 10.5. The molecule has 5 heteroatoms. The highest BCUT2D eigenvalue weighted by molar-refractivity contribution is 7.13. The molecule has 2 aromatic heterocycles. The van der Waals surface area contributed by atoms with E-state index in [2.05, 4.69) is 15.1 Å². The van der Waals surface area contributed by atoms with Gasteiger partial charge in [0.05, 0.1) is 10.4 Å². The van der Waals surface area contributed by atoms with Crippen molar-refractivity contribution in [1.29, 1.82) is 0 Å². The van der Waals surface area contributed by atoms with Gasteiger partial charge in [-0.1, -0.05) is 0 Å². The fraction of sp³-hybridized carbons (Fsp3) is 0.167. The van der Waals surface area contributed by atoms with Crippen molar-refractivity contribution in [2.75, 3.05) is 0 Å². The van der Waals surface area contributed by atoms with E-state index >= 15 is 0 Å². The molecule has 4 nitrogen and oxygen atoms in total. The van der Waals surface area contributed by atoms with Crippen molar-refractivity contribution in [3.63, 3.8) is 0 Å². The summed E-state index contributed by atoms with van der Waals surface area (Å²) in [4.78, 5) is 9.08. The van der Waals surface area contributed by atoms with Crippen LogP contribution in [0.1, 0.15) is 0 Å². The summed E-state index contributed by atoms with van der Waals surface area (Å²) in [5.41, 5.74) is 1.78. The normalized spacial score (nSPS) is 10.3. The summed E-state index contributed by atoms with van der Waals surface area (Å²) < 4.78 is 1.73. The summed E-state index contributed by atoms with van der Waals surface area (Å²) in [5, 5.41) is 3.96. The Bertz CT molecular complexity index is 337. The third kappa shape index (κ3) is 1.03. The molecule has 0 amide bonds. The largest absolute Gasteiger partial charge is 0.252 e. The highest BCUT2D eigenvalue weighted by atomic mass is 32.1. The second kappa shape index (κ2) is 2.43. The number of aromatic nitrogens is 4. The van der Waals surface area contributed by atoms with Crippen molar-refractivity contribution in [3.05, 3.63) is 18.0 Å². The Morgan fingerprint density at radius 2 is 2.45 bits per heavy atom. The zero-order chi connectivity index (χ0) is 7.68. The van der Waals surface area contributed by atoms with E-state index in [1.54, 1.807) is 27.7 Å². The van der Waals surface area contributed by atoms with Crippen LogP contribution >= 0.6 is 11.3 Å². The third-order valence-electron chi connectivity index (χ3n) is 1.36. The van der Waals surface area contributed by atoms with Crippen LogP contribution < -0.4 is 0 Å². The number of hydrogen-bond acceptors (Lipinski definition) is 4. The van der Waals surface area contributed by atoms with Gasteiger partial charge < -0.3 is 0 Å². The van der Waals surface area contributed by atoms with E-state index < -0.39 is 0 Å². The number of hydrogen-bond donors (Lipinski definition) is 0. The minimum absolute atomic E-state index is 0.868. The molecule has 0 spiro atoms. The molecule has 0 aliphatic rings. The smallest absolute Gasteiger partial charge is 0.169 e. The second-order valence-electron chi connectivity index (χ2n) is 2.07. The first kappa shape index (κ1) is 6.48. The number of thiazole rings is 1. The van der Waals surface area contributed by atoms with Crippen LogP contribution in [0, 0.1) is 0 Å². The first-order chi connectivity index (χ1) is 5.38. The molecule has 0 fully saturated rings. The predicted octanol–water partition coefficient (Wildman–Crippen LogP) is 0.939. The maximum absolute atomic E-state index is 4.08. The van der Waals surface area contributed by atoms with Crippen LogP contribution in [0.5, 0.6) is 0 Å². The highest BCUT2D eigenvalue weighted by Gasteiger charge is 2.03. The highest BCUT2D eigenvalue weighted by Crippen LogP contribution is 2.18. The second-order valence-corrected chi connectivity index (χ2v) is 2.96. The van der Waals surface area contributed by atoms with Crippen LogP contribution in [0.4, 0.5) is 0 Å². The molecular weight excluding hydrogens is 160 g/mol. The maximum Gasteiger partial charge on any atom is 0.169 e. The fourth-order valence-electron chi connectivity index (χ4n) is 0.846. The molecule has 2 heterocycles. The van der Waals surface area contributed by atoms with Crippen LogP contribution in [0.25, 0.3) is 10.7 Å². The van der Waals surface area contributed by atoms with Crippen molar-refractivity contribution in [2.24, 2.45) is 7.05 Å². The summed E-state index contributed by atoms with van der Waals surface area (Å²) in [6.45, 7) is 0. The minimum atomic E-state index is 0.868. The average molecular weight is 166 g/mol. The molecule has 0 saturated heterocycles. The molecule has 11 heavy (non-hydrogen) atoms. The Kier molecular flexibility index (Phi) is 1.43. The van der Waals surface area contributed by atoms with Gasteiger partial charge in [0.2, 0.25) is 0 Å². The number of aryl methyl sites for hydroxylation is 1. The Labute approximate surface area is 67.5 Å². The molecule has 0 atom stereocenters. The summed E-state index contributed by atoms with van der Waals surface area (Å²) in [6, 6.07) is 0. The van der Waals surface area contributed by atoms with Crippen molar-refractivity contribution >= 4 is 11.3 Å². The average Bonchev–Trinajstić information content (AvgIpc) is 2.55. The zero-order valence-corrected chi connectivity index (χ0v) is 6.75. The van der Waals surface area contributed by atoms with Crippen LogP contribution in [0.3, 0.4) is 0 Å². The Morgan fingerprint density at radius 3 is 3.00 bits per heavy atom. The van der Waals surface area contributed by atoms with Crippen molar-refractivity contribution in [2.45, 2.75) is 0 Å². The number of nitrogens with zero attached hydrogens (tertiary/aromatic N) is 4. The van der Waals surface area contributed by atoms with E-state index in [1.165, 1.54) is 6.33 Å². The quantitative estimate of drug-likeness (QED) is 0.633. The SMILES string of the molecule is Cn1ncnc1-c1cncs1. The van der Waals surface area contributed by atoms with Crippen LogP contribution in [0.2, 0.25) is 0 Å². The van der Waals surface area contributed by atoms with E-state index in [9.17, 15) is 0 Å². The van der Waals surface area contributed by atoms with Gasteiger partial charge >= 0.3 is 0 Å². The van der Waals surface area contributed by atoms with Crippen molar-refractivity contribution < 1.29 is 0 Å². The molecule has 0 aromatic carbocycles. The zero-order valence-electron chi connectivity index (χ0n) is 5.93. The van der Waals surface area contributed by atoms with E-state index in [0.29, 0.717) is 0 Å². The lowest BCUT2D eigenvalue weighted by Crippen LogP contribution is -1.92. The predicted molar refractivity (Wildman–Crippen MR) is 42.1 cm³/mol. The van der Waals surface area contributed by atoms with E-state index in [0.717, 1.165) is 10.7 Å². The molecule has 2 aromatic rings. The van der Waals surface area contributed by atoms with Crippen molar-refractivity contribution in [1.82, 2.24) is 19.7 Å². The lowest BCUT2D eigenvalue weighted by Gasteiger charge is -1.92. The first-order valence-corrected chi connectivity index (χ1v) is 3.99. The molecule has 0 unspecified atom stereocenters. The van der Waals surface area contributed by atoms with Crippen LogP contribution in [-0.4, -0.2) is 19.7 Å². The summed E-state index contributed by atoms with van der Waals surface area (Å²) in [6.07, 6.45) is 3.32. The van der Waals surface area contributed by atoms with Gasteiger partial charge in [-0.05, 0) is 0 Å². The first-order valence-electron chi connectivity index (χ1n) is 3.11. The van der Waals surface area contributed by atoms with Crippen LogP contribution in [0.15, 0.2) is 18.0 Å². The van der Waals surface area contributed by atoms with E-state index in [1.807, 2.05) is 7.05 Å². The monoisotopic (exact) mass is 166 g/mol. The molecule has 0 aliphatic carbocycles. The molecule has 0 aliphatic heterocycles. The van der Waals surface area contributed by atoms with E-state index in [-0.39, 0.29) is 0 Å². The standard InChI is InChI=1S/C6H6N4S/c1-10-6(8-3-9-10)5-2-7-4-11-5/h2-4H,1H3. The van der Waals surface area contributed by atoms with Gasteiger partial charge in [-0.2, -0.15) is 5.10 Å². The topological polar surface area (TPSA) is 43.6 Å². The van der Waals surface area contributed by atoms with Crippen molar-refractivity contribution in [3.8, 4) is 10.7 Å². The molecule has 2 rings (SSSR count). The van der Waals surface area contributed by atoms with Gasteiger partial charge in [0.1, 0.15) is 6.33 Å². The maximum atomic E-state index is 4.08. The van der Waals surface area contributed by atoms with Crippen LogP contribution in [-0.2, 0) is 7.05 Å². The van der Waals surface area contributed by atoms with Gasteiger partial charge in [0, 0.05) is 13.2 Å². The van der Waals surface area contributed by atoms with Gasteiger partial charge in [-0.25, -0.2) is 9.67 Å². The molecule has 0 radical (unpaired) electrons. The lowest BCUT2D eigenvalue weighted by molar-refractivity contribution is 0.776. The molecule has 0 N–H and O–H groups in total.